The monoisotopic (exact) mass is 303 g/mol. The molecule has 0 aliphatic carbocycles. The predicted octanol–water partition coefficient (Wildman–Crippen LogP) is -0.0837. The zero-order chi connectivity index (χ0) is 14.6. The highest BCUT2D eigenvalue weighted by atomic mass is 32.2. The maximum Gasteiger partial charge on any atom is 0.222 e. The standard InChI is InChI=1S/C13H25N3O3S/c1-16-10-12(2-3-13(16)17)15-20(18,19)9-6-11-4-7-14-8-5-11/h11-12,14-15H,2-10H2,1H3. The van der Waals surface area contributed by atoms with Gasteiger partial charge in [0.05, 0.1) is 5.75 Å². The first-order valence-corrected chi connectivity index (χ1v) is 9.06. The first kappa shape index (κ1) is 15.7. The number of hydrogen-bond acceptors (Lipinski definition) is 4. The fourth-order valence-corrected chi connectivity index (χ4v) is 4.38. The predicted molar refractivity (Wildman–Crippen MR) is 77.8 cm³/mol. The molecule has 0 spiro atoms. The number of hydrogen-bond donors (Lipinski definition) is 2. The van der Waals surface area contributed by atoms with Gasteiger partial charge in [0, 0.05) is 26.1 Å². The number of sulfonamides is 1. The molecule has 1 amide bonds. The Morgan fingerprint density at radius 2 is 2.00 bits per heavy atom. The highest BCUT2D eigenvalue weighted by molar-refractivity contribution is 7.89. The van der Waals surface area contributed by atoms with Crippen LogP contribution in [-0.4, -0.2) is 57.7 Å². The molecular weight excluding hydrogens is 278 g/mol. The van der Waals surface area contributed by atoms with Gasteiger partial charge in [0.25, 0.3) is 0 Å². The van der Waals surface area contributed by atoms with Gasteiger partial charge in [0.2, 0.25) is 15.9 Å². The van der Waals surface area contributed by atoms with Crippen LogP contribution in [0.25, 0.3) is 0 Å². The fourth-order valence-electron chi connectivity index (χ4n) is 2.91. The Bertz CT molecular complexity index is 432. The van der Waals surface area contributed by atoms with Crippen molar-refractivity contribution >= 4 is 15.9 Å². The molecule has 0 aromatic rings. The quantitative estimate of drug-likeness (QED) is 0.744. The van der Waals surface area contributed by atoms with Crippen LogP contribution in [0.3, 0.4) is 0 Å². The van der Waals surface area contributed by atoms with Crippen LogP contribution in [0.5, 0.6) is 0 Å². The summed E-state index contributed by atoms with van der Waals surface area (Å²) in [6.45, 7) is 2.47. The smallest absolute Gasteiger partial charge is 0.222 e. The third-order valence-electron chi connectivity index (χ3n) is 4.23. The van der Waals surface area contributed by atoms with Crippen molar-refractivity contribution in [1.82, 2.24) is 14.9 Å². The number of likely N-dealkylation sites (N-methyl/N-ethyl adjacent to an activating group) is 1. The van der Waals surface area contributed by atoms with Gasteiger partial charge in [-0.1, -0.05) is 0 Å². The molecule has 116 valence electrons. The van der Waals surface area contributed by atoms with Crippen LogP contribution in [0.2, 0.25) is 0 Å². The van der Waals surface area contributed by atoms with Crippen LogP contribution in [0.4, 0.5) is 0 Å². The SMILES string of the molecule is CN1CC(NS(=O)(=O)CCC2CCNCC2)CCC1=O. The van der Waals surface area contributed by atoms with Crippen molar-refractivity contribution in [2.45, 2.75) is 38.1 Å². The number of nitrogens with zero attached hydrogens (tertiary/aromatic N) is 1. The molecule has 2 aliphatic heterocycles. The average Bonchev–Trinajstić information content (AvgIpc) is 2.42. The Morgan fingerprint density at radius 1 is 1.30 bits per heavy atom. The minimum atomic E-state index is -3.23. The lowest BCUT2D eigenvalue weighted by Crippen LogP contribution is -2.49. The van der Waals surface area contributed by atoms with Crippen LogP contribution in [0.1, 0.15) is 32.1 Å². The second-order valence-corrected chi connectivity index (χ2v) is 7.80. The second-order valence-electron chi connectivity index (χ2n) is 5.93. The Morgan fingerprint density at radius 3 is 2.65 bits per heavy atom. The van der Waals surface area contributed by atoms with Gasteiger partial charge in [0.1, 0.15) is 0 Å². The zero-order valence-corrected chi connectivity index (χ0v) is 12.9. The average molecular weight is 303 g/mol. The van der Waals surface area contributed by atoms with E-state index in [-0.39, 0.29) is 17.7 Å². The van der Waals surface area contributed by atoms with Crippen molar-refractivity contribution in [2.24, 2.45) is 5.92 Å². The Kier molecular flexibility index (Phi) is 5.40. The van der Waals surface area contributed by atoms with Crippen molar-refractivity contribution in [3.05, 3.63) is 0 Å². The van der Waals surface area contributed by atoms with Gasteiger partial charge in [-0.3, -0.25) is 4.79 Å². The summed E-state index contributed by atoms with van der Waals surface area (Å²) >= 11 is 0. The summed E-state index contributed by atoms with van der Waals surface area (Å²) in [4.78, 5) is 13.0. The van der Waals surface area contributed by atoms with Crippen LogP contribution >= 0.6 is 0 Å². The molecule has 0 bridgehead atoms. The minimum absolute atomic E-state index is 0.0927. The van der Waals surface area contributed by atoms with Gasteiger partial charge in [-0.25, -0.2) is 13.1 Å². The molecule has 20 heavy (non-hydrogen) atoms. The summed E-state index contributed by atoms with van der Waals surface area (Å²) < 4.78 is 26.9. The minimum Gasteiger partial charge on any atom is -0.344 e. The topological polar surface area (TPSA) is 78.5 Å². The third-order valence-corrected chi connectivity index (χ3v) is 5.69. The van der Waals surface area contributed by atoms with Crippen molar-refractivity contribution in [1.29, 1.82) is 0 Å². The molecule has 2 rings (SSSR count). The number of carbonyl (C=O) groups excluding carboxylic acids is 1. The van der Waals surface area contributed by atoms with Gasteiger partial charge >= 0.3 is 0 Å². The molecular formula is C13H25N3O3S. The normalized spacial score (nSPS) is 25.9. The van der Waals surface area contributed by atoms with Crippen molar-refractivity contribution < 1.29 is 13.2 Å². The zero-order valence-electron chi connectivity index (χ0n) is 12.1. The lowest BCUT2D eigenvalue weighted by atomic mass is 9.96. The fraction of sp³-hybridized carbons (Fsp3) is 0.923. The molecule has 1 atom stereocenters. The summed E-state index contributed by atoms with van der Waals surface area (Å²) in [5.74, 6) is 0.810. The summed E-state index contributed by atoms with van der Waals surface area (Å²) in [7, 11) is -1.51. The number of likely N-dealkylation sites (tertiary alicyclic amines) is 1. The van der Waals surface area contributed by atoms with E-state index in [4.69, 9.17) is 0 Å². The van der Waals surface area contributed by atoms with E-state index in [0.717, 1.165) is 32.4 Å². The number of rotatable bonds is 5. The largest absolute Gasteiger partial charge is 0.344 e. The maximum atomic E-state index is 12.1. The Hall–Kier alpha value is -0.660. The molecule has 2 saturated heterocycles. The Balaban J connectivity index is 1.77. The molecule has 2 fully saturated rings. The molecule has 7 heteroatoms. The number of carbonyl (C=O) groups is 1. The van der Waals surface area contributed by atoms with Crippen molar-refractivity contribution in [3.8, 4) is 0 Å². The van der Waals surface area contributed by atoms with Crippen LogP contribution in [0.15, 0.2) is 0 Å². The van der Waals surface area contributed by atoms with E-state index in [1.54, 1.807) is 11.9 Å². The first-order valence-electron chi connectivity index (χ1n) is 7.41. The van der Waals surface area contributed by atoms with Gasteiger partial charge in [0.15, 0.2) is 0 Å². The summed E-state index contributed by atoms with van der Waals surface area (Å²) in [5, 5.41) is 3.28. The molecule has 6 nitrogen and oxygen atoms in total. The van der Waals surface area contributed by atoms with E-state index in [9.17, 15) is 13.2 Å². The van der Waals surface area contributed by atoms with Crippen molar-refractivity contribution in [3.63, 3.8) is 0 Å². The highest BCUT2D eigenvalue weighted by Crippen LogP contribution is 2.17. The van der Waals surface area contributed by atoms with Crippen LogP contribution in [-0.2, 0) is 14.8 Å². The molecule has 0 aromatic carbocycles. The first-order chi connectivity index (χ1) is 9.46. The van der Waals surface area contributed by atoms with Gasteiger partial charge in [-0.2, -0.15) is 0 Å². The van der Waals surface area contributed by atoms with E-state index < -0.39 is 10.0 Å². The molecule has 2 aliphatic rings. The summed E-state index contributed by atoms with van der Waals surface area (Å²) in [6.07, 6.45) is 3.90. The lowest BCUT2D eigenvalue weighted by molar-refractivity contribution is -0.132. The number of piperidine rings is 2. The van der Waals surface area contributed by atoms with Gasteiger partial charge < -0.3 is 10.2 Å². The number of nitrogens with one attached hydrogen (secondary N) is 2. The van der Waals surface area contributed by atoms with Gasteiger partial charge in [-0.15, -0.1) is 0 Å². The molecule has 0 radical (unpaired) electrons. The molecule has 0 saturated carbocycles. The van der Waals surface area contributed by atoms with E-state index in [2.05, 4.69) is 10.0 Å². The molecule has 2 N–H and O–H groups in total. The molecule has 1 unspecified atom stereocenters. The summed E-state index contributed by atoms with van der Waals surface area (Å²) in [5.41, 5.74) is 0. The lowest BCUT2D eigenvalue weighted by Gasteiger charge is -2.30. The summed E-state index contributed by atoms with van der Waals surface area (Å²) in [6, 6.07) is -0.129. The van der Waals surface area contributed by atoms with E-state index >= 15 is 0 Å². The van der Waals surface area contributed by atoms with Crippen LogP contribution < -0.4 is 10.0 Å². The highest BCUT2D eigenvalue weighted by Gasteiger charge is 2.26. The second kappa shape index (κ2) is 6.87. The van der Waals surface area contributed by atoms with Crippen LogP contribution in [0, 0.1) is 5.92 Å². The van der Waals surface area contributed by atoms with E-state index in [1.807, 2.05) is 0 Å². The van der Waals surface area contributed by atoms with Crippen molar-refractivity contribution in [2.75, 3.05) is 32.4 Å². The molecule has 0 aromatic heterocycles. The van der Waals surface area contributed by atoms with Gasteiger partial charge in [-0.05, 0) is 44.7 Å². The van der Waals surface area contributed by atoms with E-state index in [0.29, 0.717) is 25.3 Å². The Labute approximate surface area is 121 Å². The van der Waals surface area contributed by atoms with E-state index in [1.165, 1.54) is 0 Å². The maximum absolute atomic E-state index is 12.1. The number of amides is 1. The third kappa shape index (κ3) is 4.71. The molecule has 2 heterocycles.